The number of methoxy groups -OCH3 is 1. The summed E-state index contributed by atoms with van der Waals surface area (Å²) in [6.07, 6.45) is 0.638. The van der Waals surface area contributed by atoms with Crippen LogP contribution in [0.3, 0.4) is 0 Å². The second-order valence-electron chi connectivity index (χ2n) is 6.32. The predicted molar refractivity (Wildman–Crippen MR) is 108 cm³/mol. The minimum Gasteiger partial charge on any atom is -0.488 e. The molecule has 0 aliphatic carbocycles. The van der Waals surface area contributed by atoms with Gasteiger partial charge in [-0.3, -0.25) is 4.79 Å². The highest BCUT2D eigenvalue weighted by Crippen LogP contribution is 2.30. The van der Waals surface area contributed by atoms with Gasteiger partial charge >= 0.3 is 11.6 Å². The molecule has 0 N–H and O–H groups in total. The van der Waals surface area contributed by atoms with Crippen LogP contribution < -0.4 is 10.4 Å². The van der Waals surface area contributed by atoms with E-state index in [-0.39, 0.29) is 19.0 Å². The molecule has 0 aliphatic heterocycles. The topological polar surface area (TPSA) is 65.7 Å². The zero-order chi connectivity index (χ0) is 20.3. The van der Waals surface area contributed by atoms with Gasteiger partial charge in [-0.05, 0) is 48.2 Å². The normalized spacial score (nSPS) is 10.9. The van der Waals surface area contributed by atoms with Gasteiger partial charge in [0.25, 0.3) is 0 Å². The molecule has 0 saturated carbocycles. The Balaban J connectivity index is 1.95. The van der Waals surface area contributed by atoms with E-state index in [0.717, 1.165) is 22.1 Å². The fourth-order valence-electron chi connectivity index (χ4n) is 2.85. The molecule has 0 spiro atoms. The molecule has 3 aromatic rings. The molecule has 2 aromatic carbocycles. The first kappa shape index (κ1) is 20.2. The predicted octanol–water partition coefficient (Wildman–Crippen LogP) is 5.09. The van der Waals surface area contributed by atoms with E-state index in [9.17, 15) is 9.59 Å². The Morgan fingerprint density at radius 2 is 1.89 bits per heavy atom. The smallest absolute Gasteiger partial charge is 0.336 e. The van der Waals surface area contributed by atoms with Gasteiger partial charge in [-0.1, -0.05) is 29.3 Å². The minimum atomic E-state index is -0.428. The van der Waals surface area contributed by atoms with E-state index in [2.05, 4.69) is 0 Å². The zero-order valence-corrected chi connectivity index (χ0v) is 16.9. The third kappa shape index (κ3) is 4.66. The number of carbonyl (C=O) groups is 1. The van der Waals surface area contributed by atoms with Gasteiger partial charge in [0.15, 0.2) is 0 Å². The van der Waals surface area contributed by atoms with Gasteiger partial charge in [0, 0.05) is 23.9 Å². The number of esters is 1. The summed E-state index contributed by atoms with van der Waals surface area (Å²) in [5.41, 5.74) is 2.44. The molecule has 0 bridgehead atoms. The first-order valence-electron chi connectivity index (χ1n) is 8.58. The van der Waals surface area contributed by atoms with Gasteiger partial charge in [0.2, 0.25) is 0 Å². The fraction of sp³-hybridized carbons (Fsp3) is 0.238. The monoisotopic (exact) mass is 420 g/mol. The summed E-state index contributed by atoms with van der Waals surface area (Å²) in [6, 6.07) is 10.2. The third-order valence-corrected chi connectivity index (χ3v) is 5.08. The van der Waals surface area contributed by atoms with Crippen molar-refractivity contribution in [1.82, 2.24) is 0 Å². The lowest BCUT2D eigenvalue weighted by atomic mass is 10.0. The molecule has 0 atom stereocenters. The Labute approximate surface area is 171 Å². The highest BCUT2D eigenvalue weighted by atomic mass is 35.5. The van der Waals surface area contributed by atoms with Crippen LogP contribution in [0.5, 0.6) is 5.75 Å². The summed E-state index contributed by atoms with van der Waals surface area (Å²) in [6.45, 7) is 2.07. The number of fused-ring (bicyclic) bond motifs is 1. The third-order valence-electron chi connectivity index (χ3n) is 4.34. The maximum absolute atomic E-state index is 11.7. The Morgan fingerprint density at radius 1 is 1.11 bits per heavy atom. The van der Waals surface area contributed by atoms with Gasteiger partial charge in [0.1, 0.15) is 17.9 Å². The molecule has 3 rings (SSSR count). The second-order valence-corrected chi connectivity index (χ2v) is 7.13. The Bertz CT molecular complexity index is 1090. The van der Waals surface area contributed by atoms with Crippen molar-refractivity contribution in [2.24, 2.45) is 0 Å². The van der Waals surface area contributed by atoms with Gasteiger partial charge in [-0.2, -0.15) is 0 Å². The lowest BCUT2D eigenvalue weighted by molar-refractivity contribution is -0.140. The van der Waals surface area contributed by atoms with E-state index < -0.39 is 5.63 Å². The summed E-state index contributed by atoms with van der Waals surface area (Å²) in [7, 11) is 1.35. The van der Waals surface area contributed by atoms with E-state index in [1.807, 2.05) is 19.1 Å². The fourth-order valence-corrected chi connectivity index (χ4v) is 3.17. The lowest BCUT2D eigenvalue weighted by Gasteiger charge is -2.14. The van der Waals surface area contributed by atoms with Crippen LogP contribution in [0.2, 0.25) is 10.0 Å². The van der Waals surface area contributed by atoms with Gasteiger partial charge in [0.05, 0.1) is 17.2 Å². The minimum absolute atomic E-state index is 0.209. The first-order chi connectivity index (χ1) is 13.4. The summed E-state index contributed by atoms with van der Waals surface area (Å²) < 4.78 is 16.0. The molecule has 5 nitrogen and oxygen atoms in total. The molecular formula is C21H18Cl2O5. The molecule has 0 saturated heterocycles. The van der Waals surface area contributed by atoms with Crippen molar-refractivity contribution in [3.63, 3.8) is 0 Å². The van der Waals surface area contributed by atoms with Crippen LogP contribution in [0.25, 0.3) is 11.0 Å². The van der Waals surface area contributed by atoms with E-state index >= 15 is 0 Å². The van der Waals surface area contributed by atoms with Crippen LogP contribution in [-0.4, -0.2) is 13.1 Å². The summed E-state index contributed by atoms with van der Waals surface area (Å²) in [5, 5.41) is 1.70. The number of halogens is 2. The molecule has 1 aromatic heterocycles. The number of hydrogen-bond donors (Lipinski definition) is 0. The van der Waals surface area contributed by atoms with Crippen molar-refractivity contribution in [2.45, 2.75) is 26.4 Å². The summed E-state index contributed by atoms with van der Waals surface area (Å²) >= 11 is 12.0. The SMILES string of the molecule is COC(=O)CCc1cc2c(C)cc(=O)oc2cc1OCc1ccc(Cl)c(Cl)c1. The largest absolute Gasteiger partial charge is 0.488 e. The second kappa shape index (κ2) is 8.67. The summed E-state index contributed by atoms with van der Waals surface area (Å²) in [5.74, 6) is 0.211. The van der Waals surface area contributed by atoms with Crippen LogP contribution in [0, 0.1) is 6.92 Å². The van der Waals surface area contributed by atoms with Crippen molar-refractivity contribution in [3.05, 3.63) is 73.6 Å². The average Bonchev–Trinajstić information content (AvgIpc) is 2.66. The molecule has 0 fully saturated rings. The molecule has 0 radical (unpaired) electrons. The maximum atomic E-state index is 11.7. The van der Waals surface area contributed by atoms with Crippen LogP contribution >= 0.6 is 23.2 Å². The van der Waals surface area contributed by atoms with Gasteiger partial charge < -0.3 is 13.9 Å². The van der Waals surface area contributed by atoms with E-state index in [4.69, 9.17) is 37.1 Å². The Hall–Kier alpha value is -2.50. The lowest BCUT2D eigenvalue weighted by Crippen LogP contribution is -2.05. The average molecular weight is 421 g/mol. The van der Waals surface area contributed by atoms with E-state index in [1.165, 1.54) is 13.2 Å². The van der Waals surface area contributed by atoms with E-state index in [1.54, 1.807) is 18.2 Å². The zero-order valence-electron chi connectivity index (χ0n) is 15.4. The number of benzene rings is 2. The molecule has 28 heavy (non-hydrogen) atoms. The van der Waals surface area contributed by atoms with Crippen molar-refractivity contribution >= 4 is 40.1 Å². The number of ether oxygens (including phenoxy) is 2. The quantitative estimate of drug-likeness (QED) is 0.410. The van der Waals surface area contributed by atoms with Crippen molar-refractivity contribution in [1.29, 1.82) is 0 Å². The molecule has 0 amide bonds. The molecule has 0 aliphatic rings. The van der Waals surface area contributed by atoms with Crippen molar-refractivity contribution < 1.29 is 18.7 Å². The highest BCUT2D eigenvalue weighted by molar-refractivity contribution is 6.42. The first-order valence-corrected chi connectivity index (χ1v) is 9.34. The van der Waals surface area contributed by atoms with Crippen LogP contribution in [0.15, 0.2) is 45.6 Å². The molecule has 146 valence electrons. The number of carbonyl (C=O) groups excluding carboxylic acids is 1. The highest BCUT2D eigenvalue weighted by Gasteiger charge is 2.13. The van der Waals surface area contributed by atoms with Crippen LogP contribution in [-0.2, 0) is 22.6 Å². The number of hydrogen-bond acceptors (Lipinski definition) is 5. The van der Waals surface area contributed by atoms with Gasteiger partial charge in [-0.25, -0.2) is 4.79 Å². The number of aryl methyl sites for hydroxylation is 2. The van der Waals surface area contributed by atoms with E-state index in [0.29, 0.717) is 27.8 Å². The van der Waals surface area contributed by atoms with Gasteiger partial charge in [-0.15, -0.1) is 0 Å². The molecule has 0 unspecified atom stereocenters. The van der Waals surface area contributed by atoms with Crippen molar-refractivity contribution in [2.75, 3.05) is 7.11 Å². The number of rotatable bonds is 6. The Kier molecular flexibility index (Phi) is 6.27. The van der Waals surface area contributed by atoms with Crippen LogP contribution in [0.4, 0.5) is 0 Å². The molecule has 1 heterocycles. The molecular weight excluding hydrogens is 403 g/mol. The maximum Gasteiger partial charge on any atom is 0.336 e. The Morgan fingerprint density at radius 3 is 2.61 bits per heavy atom. The molecule has 7 heteroatoms. The van der Waals surface area contributed by atoms with Crippen LogP contribution in [0.1, 0.15) is 23.1 Å². The van der Waals surface area contributed by atoms with Crippen molar-refractivity contribution in [3.8, 4) is 5.75 Å². The summed E-state index contributed by atoms with van der Waals surface area (Å²) in [4.78, 5) is 23.3. The standard InChI is InChI=1S/C21H18Cl2O5/c1-12-7-21(25)28-19-10-18(14(9-15(12)19)4-6-20(24)26-2)27-11-13-3-5-16(22)17(23)8-13/h3,5,7-10H,4,6,11H2,1-2H3.